The number of nitrogens with two attached hydrogens (primary N) is 1. The molecule has 4 nitrogen and oxygen atoms in total. The zero-order valence-corrected chi connectivity index (χ0v) is 15.8. The molecule has 1 aliphatic carbocycles. The van der Waals surface area contributed by atoms with Crippen LogP contribution in [0.3, 0.4) is 0 Å². The zero-order chi connectivity index (χ0) is 21.5. The Morgan fingerprint density at radius 2 is 1.73 bits per heavy atom. The van der Waals surface area contributed by atoms with E-state index in [4.69, 9.17) is 10.5 Å². The summed E-state index contributed by atoms with van der Waals surface area (Å²) in [5, 5.41) is 9.41. The molecule has 0 saturated heterocycles. The average Bonchev–Trinajstić information content (AvgIpc) is 2.72. The van der Waals surface area contributed by atoms with Gasteiger partial charge in [-0.2, -0.15) is 0 Å². The highest BCUT2D eigenvalue weighted by atomic mass is 19.2. The Morgan fingerprint density at radius 3 is 2.50 bits per heavy atom. The number of rotatable bonds is 4. The van der Waals surface area contributed by atoms with Gasteiger partial charge in [0, 0.05) is 17.5 Å². The Morgan fingerprint density at radius 1 is 0.967 bits per heavy atom. The van der Waals surface area contributed by atoms with E-state index in [9.17, 15) is 23.1 Å². The SMILES string of the molecule is NC1(C(=O)O)CCc2ccc(Oc3ccccc3-c3ccc(F)c(F)c3F)cc2C1. The Balaban J connectivity index is 1.69. The summed E-state index contributed by atoms with van der Waals surface area (Å²) in [6, 6.07) is 13.7. The Hall–Kier alpha value is -3.32. The van der Waals surface area contributed by atoms with Gasteiger partial charge in [-0.05, 0) is 54.3 Å². The topological polar surface area (TPSA) is 72.6 Å². The molecule has 3 aromatic carbocycles. The summed E-state index contributed by atoms with van der Waals surface area (Å²) in [5.41, 5.74) is 6.56. The monoisotopic (exact) mass is 413 g/mol. The number of halogens is 3. The molecule has 0 saturated carbocycles. The fourth-order valence-corrected chi connectivity index (χ4v) is 3.68. The van der Waals surface area contributed by atoms with Crippen LogP contribution in [-0.4, -0.2) is 16.6 Å². The van der Waals surface area contributed by atoms with Gasteiger partial charge in [-0.1, -0.05) is 24.3 Å². The van der Waals surface area contributed by atoms with Crippen LogP contribution < -0.4 is 10.5 Å². The Kier molecular flexibility index (Phi) is 4.99. The minimum Gasteiger partial charge on any atom is -0.480 e. The van der Waals surface area contributed by atoms with Crippen LogP contribution in [0.4, 0.5) is 13.2 Å². The summed E-state index contributed by atoms with van der Waals surface area (Å²) in [5.74, 6) is -4.53. The lowest BCUT2D eigenvalue weighted by molar-refractivity contribution is -0.143. The van der Waals surface area contributed by atoms with E-state index < -0.39 is 29.0 Å². The van der Waals surface area contributed by atoms with Gasteiger partial charge >= 0.3 is 5.97 Å². The molecule has 3 N–H and O–H groups in total. The van der Waals surface area contributed by atoms with Crippen molar-refractivity contribution in [2.24, 2.45) is 5.73 Å². The molecule has 0 heterocycles. The van der Waals surface area contributed by atoms with Gasteiger partial charge in [0.05, 0.1) is 0 Å². The van der Waals surface area contributed by atoms with Crippen molar-refractivity contribution in [1.29, 1.82) is 0 Å². The van der Waals surface area contributed by atoms with E-state index in [2.05, 4.69) is 0 Å². The van der Waals surface area contributed by atoms with Gasteiger partial charge in [0.2, 0.25) is 0 Å². The second-order valence-corrected chi connectivity index (χ2v) is 7.39. The summed E-state index contributed by atoms with van der Waals surface area (Å²) in [7, 11) is 0. The van der Waals surface area contributed by atoms with E-state index in [1.807, 2.05) is 6.07 Å². The van der Waals surface area contributed by atoms with Gasteiger partial charge in [-0.15, -0.1) is 0 Å². The lowest BCUT2D eigenvalue weighted by Crippen LogP contribution is -2.52. The van der Waals surface area contributed by atoms with E-state index >= 15 is 0 Å². The summed E-state index contributed by atoms with van der Waals surface area (Å²) in [6.45, 7) is 0. The van der Waals surface area contributed by atoms with Crippen LogP contribution in [0.1, 0.15) is 17.5 Å². The molecule has 0 aliphatic heterocycles. The number of benzene rings is 3. The van der Waals surface area contributed by atoms with Crippen LogP contribution in [0.5, 0.6) is 11.5 Å². The number of aliphatic carboxylic acids is 1. The number of fused-ring (bicyclic) bond motifs is 1. The lowest BCUT2D eigenvalue weighted by atomic mass is 9.78. The first kappa shape index (κ1) is 20.0. The van der Waals surface area contributed by atoms with Crippen molar-refractivity contribution in [3.8, 4) is 22.6 Å². The second-order valence-electron chi connectivity index (χ2n) is 7.39. The van der Waals surface area contributed by atoms with Crippen LogP contribution in [0.15, 0.2) is 54.6 Å². The molecule has 0 fully saturated rings. The molecule has 0 spiro atoms. The molecule has 1 unspecified atom stereocenters. The maximum absolute atomic E-state index is 14.3. The van der Waals surface area contributed by atoms with Crippen molar-refractivity contribution >= 4 is 5.97 Å². The number of ether oxygens (including phenoxy) is 1. The fraction of sp³-hybridized carbons (Fsp3) is 0.174. The first-order valence-corrected chi connectivity index (χ1v) is 9.33. The Labute approximate surface area is 170 Å². The third-order valence-electron chi connectivity index (χ3n) is 5.39. The van der Waals surface area contributed by atoms with E-state index in [0.29, 0.717) is 18.6 Å². The number of carboxylic acids is 1. The van der Waals surface area contributed by atoms with Crippen molar-refractivity contribution in [1.82, 2.24) is 0 Å². The van der Waals surface area contributed by atoms with Crippen molar-refractivity contribution in [2.75, 3.05) is 0 Å². The van der Waals surface area contributed by atoms with Crippen molar-refractivity contribution < 1.29 is 27.8 Å². The minimum atomic E-state index is -1.55. The van der Waals surface area contributed by atoms with Crippen LogP contribution in [0.25, 0.3) is 11.1 Å². The third kappa shape index (κ3) is 3.52. The fourth-order valence-electron chi connectivity index (χ4n) is 3.68. The molecule has 0 aromatic heterocycles. The maximum Gasteiger partial charge on any atom is 0.324 e. The van der Waals surface area contributed by atoms with Crippen LogP contribution in [-0.2, 0) is 17.6 Å². The van der Waals surface area contributed by atoms with E-state index in [-0.39, 0.29) is 23.3 Å². The average molecular weight is 413 g/mol. The summed E-state index contributed by atoms with van der Waals surface area (Å²) in [4.78, 5) is 11.5. The molecule has 0 radical (unpaired) electrons. The zero-order valence-electron chi connectivity index (χ0n) is 15.8. The highest BCUT2D eigenvalue weighted by Crippen LogP contribution is 2.37. The van der Waals surface area contributed by atoms with Gasteiger partial charge in [0.1, 0.15) is 17.0 Å². The van der Waals surface area contributed by atoms with Gasteiger partial charge in [0.15, 0.2) is 17.5 Å². The second kappa shape index (κ2) is 7.50. The molecule has 7 heteroatoms. The molecule has 0 amide bonds. The molecular formula is C23H18F3NO3. The molecule has 30 heavy (non-hydrogen) atoms. The van der Waals surface area contributed by atoms with Crippen molar-refractivity contribution in [3.63, 3.8) is 0 Å². The summed E-state index contributed by atoms with van der Waals surface area (Å²) < 4.78 is 47.2. The molecular weight excluding hydrogens is 395 g/mol. The number of hydrogen-bond acceptors (Lipinski definition) is 3. The smallest absolute Gasteiger partial charge is 0.324 e. The third-order valence-corrected chi connectivity index (χ3v) is 5.39. The number of carbonyl (C=O) groups is 1. The minimum absolute atomic E-state index is 0.130. The summed E-state index contributed by atoms with van der Waals surface area (Å²) in [6.07, 6.45) is 1.04. The number of para-hydroxylation sites is 1. The molecule has 0 bridgehead atoms. The predicted octanol–water partition coefficient (Wildman–Crippen LogP) is 4.83. The standard InChI is InChI=1S/C23H18F3NO3/c24-18-8-7-17(20(25)21(18)26)16-3-1-2-4-19(16)30-15-6-5-13-9-10-23(27,22(28)29)12-14(13)11-15/h1-8,11H,9-10,12,27H2,(H,28,29). The van der Waals surface area contributed by atoms with Crippen molar-refractivity contribution in [2.45, 2.75) is 24.8 Å². The summed E-state index contributed by atoms with van der Waals surface area (Å²) >= 11 is 0. The molecule has 3 aromatic rings. The van der Waals surface area contributed by atoms with Gasteiger partial charge in [-0.3, -0.25) is 4.79 Å². The van der Waals surface area contributed by atoms with Crippen LogP contribution >= 0.6 is 0 Å². The number of aryl methyl sites for hydroxylation is 1. The van der Waals surface area contributed by atoms with E-state index in [1.165, 1.54) is 0 Å². The van der Waals surface area contributed by atoms with Gasteiger partial charge < -0.3 is 15.6 Å². The quantitative estimate of drug-likeness (QED) is 0.601. The van der Waals surface area contributed by atoms with Gasteiger partial charge in [0.25, 0.3) is 0 Å². The van der Waals surface area contributed by atoms with Crippen molar-refractivity contribution in [3.05, 3.63) is 83.2 Å². The highest BCUT2D eigenvalue weighted by molar-refractivity contribution is 5.79. The van der Waals surface area contributed by atoms with Crippen LogP contribution in [0.2, 0.25) is 0 Å². The molecule has 1 aliphatic rings. The maximum atomic E-state index is 14.3. The predicted molar refractivity (Wildman–Crippen MR) is 105 cm³/mol. The highest BCUT2D eigenvalue weighted by Gasteiger charge is 2.37. The first-order chi connectivity index (χ1) is 14.3. The van der Waals surface area contributed by atoms with E-state index in [1.54, 1.807) is 36.4 Å². The molecule has 4 rings (SSSR count). The van der Waals surface area contributed by atoms with Crippen LogP contribution in [0, 0.1) is 17.5 Å². The largest absolute Gasteiger partial charge is 0.480 e. The Bertz CT molecular complexity index is 1150. The number of hydrogen-bond donors (Lipinski definition) is 2. The van der Waals surface area contributed by atoms with E-state index in [0.717, 1.165) is 23.3 Å². The number of carboxylic acid groups (broad SMARTS) is 1. The van der Waals surface area contributed by atoms with Gasteiger partial charge in [-0.25, -0.2) is 13.2 Å². The molecule has 154 valence electrons. The normalized spacial score (nSPS) is 18.0. The molecule has 1 atom stereocenters. The first-order valence-electron chi connectivity index (χ1n) is 9.33. The lowest BCUT2D eigenvalue weighted by Gasteiger charge is -2.31.